The first kappa shape index (κ1) is 14.0. The third kappa shape index (κ3) is 8.55. The van der Waals surface area contributed by atoms with E-state index in [0.29, 0.717) is 12.5 Å². The molecule has 0 aromatic rings. The molecule has 0 amide bonds. The normalized spacial score (nSPS) is 13.1. The molecule has 0 fully saturated rings. The van der Waals surface area contributed by atoms with Crippen LogP contribution < -0.4 is 0 Å². The zero-order valence-corrected chi connectivity index (χ0v) is 10.1. The second kappa shape index (κ2) is 11.0. The molecule has 1 atom stereocenters. The summed E-state index contributed by atoms with van der Waals surface area (Å²) in [7, 11) is 0. The Labute approximate surface area is 89.9 Å². The predicted octanol–water partition coefficient (Wildman–Crippen LogP) is 4.15. The van der Waals surface area contributed by atoms with E-state index >= 15 is 0 Å². The fourth-order valence-electron chi connectivity index (χ4n) is 1.95. The van der Waals surface area contributed by atoms with E-state index in [0.717, 1.165) is 0 Å². The highest BCUT2D eigenvalue weighted by molar-refractivity contribution is 4.57. The summed E-state index contributed by atoms with van der Waals surface area (Å²) in [6, 6.07) is 0. The minimum absolute atomic E-state index is 0.392. The van der Waals surface area contributed by atoms with Crippen LogP contribution in [0, 0.1) is 5.92 Å². The number of aliphatic hydroxyl groups is 1. The molecule has 1 nitrogen and oxygen atoms in total. The van der Waals surface area contributed by atoms with E-state index < -0.39 is 0 Å². The van der Waals surface area contributed by atoms with Crippen molar-refractivity contribution < 1.29 is 5.11 Å². The molecule has 0 radical (unpaired) electrons. The molecular weight excluding hydrogens is 172 g/mol. The van der Waals surface area contributed by atoms with Crippen LogP contribution in [0.15, 0.2) is 0 Å². The molecule has 0 heterocycles. The van der Waals surface area contributed by atoms with Crippen LogP contribution in [-0.2, 0) is 0 Å². The maximum absolute atomic E-state index is 9.10. The minimum atomic E-state index is 0.392. The van der Waals surface area contributed by atoms with Gasteiger partial charge in [-0.2, -0.15) is 0 Å². The topological polar surface area (TPSA) is 20.2 Å². The highest BCUT2D eigenvalue weighted by Gasteiger charge is 2.04. The molecule has 14 heavy (non-hydrogen) atoms. The van der Waals surface area contributed by atoms with Crippen molar-refractivity contribution in [2.45, 2.75) is 71.6 Å². The molecule has 0 saturated carbocycles. The Morgan fingerprint density at radius 3 is 2.00 bits per heavy atom. The fraction of sp³-hybridized carbons (Fsp3) is 1.00. The molecule has 0 aliphatic rings. The molecule has 0 aromatic heterocycles. The van der Waals surface area contributed by atoms with Gasteiger partial charge in [0, 0.05) is 6.61 Å². The van der Waals surface area contributed by atoms with Crippen LogP contribution in [0.2, 0.25) is 0 Å². The van der Waals surface area contributed by atoms with Crippen molar-refractivity contribution in [1.82, 2.24) is 0 Å². The molecular formula is C13H28O. The monoisotopic (exact) mass is 200 g/mol. The van der Waals surface area contributed by atoms with Crippen molar-refractivity contribution in [3.05, 3.63) is 0 Å². The summed E-state index contributed by atoms with van der Waals surface area (Å²) in [4.78, 5) is 0. The Morgan fingerprint density at radius 2 is 1.43 bits per heavy atom. The molecule has 1 unspecified atom stereocenters. The second-order valence-corrected chi connectivity index (χ2v) is 4.39. The van der Waals surface area contributed by atoms with Gasteiger partial charge in [0.25, 0.3) is 0 Å². The lowest BCUT2D eigenvalue weighted by molar-refractivity contribution is 0.206. The highest BCUT2D eigenvalue weighted by atomic mass is 16.3. The van der Waals surface area contributed by atoms with Crippen LogP contribution in [0.1, 0.15) is 71.6 Å². The quantitative estimate of drug-likeness (QED) is 0.525. The number of hydrogen-bond acceptors (Lipinski definition) is 1. The maximum atomic E-state index is 9.10. The van der Waals surface area contributed by atoms with Crippen molar-refractivity contribution in [3.8, 4) is 0 Å². The average molecular weight is 200 g/mol. The van der Waals surface area contributed by atoms with Crippen molar-refractivity contribution in [1.29, 1.82) is 0 Å². The summed E-state index contributed by atoms with van der Waals surface area (Å²) >= 11 is 0. The third-order valence-corrected chi connectivity index (χ3v) is 2.92. The number of unbranched alkanes of at least 4 members (excludes halogenated alkanes) is 5. The molecule has 0 rings (SSSR count). The van der Waals surface area contributed by atoms with Gasteiger partial charge in [0.2, 0.25) is 0 Å². The van der Waals surface area contributed by atoms with Gasteiger partial charge in [-0.1, -0.05) is 58.8 Å². The molecule has 0 saturated heterocycles. The first-order chi connectivity index (χ1) is 6.85. The number of hydrogen-bond donors (Lipinski definition) is 1. The largest absolute Gasteiger partial charge is 0.396 e. The van der Waals surface area contributed by atoms with Crippen LogP contribution in [0.4, 0.5) is 0 Å². The third-order valence-electron chi connectivity index (χ3n) is 2.92. The second-order valence-electron chi connectivity index (χ2n) is 4.39. The molecule has 0 spiro atoms. The van der Waals surface area contributed by atoms with Gasteiger partial charge >= 0.3 is 0 Å². The fourth-order valence-corrected chi connectivity index (χ4v) is 1.95. The average Bonchev–Trinajstić information content (AvgIpc) is 2.21. The first-order valence-corrected chi connectivity index (χ1v) is 6.46. The molecule has 0 aliphatic heterocycles. The van der Waals surface area contributed by atoms with E-state index in [4.69, 9.17) is 5.11 Å². The molecule has 1 heteroatoms. The van der Waals surface area contributed by atoms with Gasteiger partial charge in [0.05, 0.1) is 0 Å². The van der Waals surface area contributed by atoms with Crippen molar-refractivity contribution in [3.63, 3.8) is 0 Å². The molecule has 0 bridgehead atoms. The smallest absolute Gasteiger partial charge is 0.0459 e. The van der Waals surface area contributed by atoms with Crippen LogP contribution in [-0.4, -0.2) is 11.7 Å². The van der Waals surface area contributed by atoms with Crippen molar-refractivity contribution in [2.24, 2.45) is 5.92 Å². The first-order valence-electron chi connectivity index (χ1n) is 6.46. The maximum Gasteiger partial charge on any atom is 0.0459 e. The van der Waals surface area contributed by atoms with E-state index in [1.807, 2.05) is 0 Å². The summed E-state index contributed by atoms with van der Waals surface area (Å²) in [6.45, 7) is 4.84. The van der Waals surface area contributed by atoms with Gasteiger partial charge in [-0.05, 0) is 18.8 Å². The van der Waals surface area contributed by atoms with Crippen LogP contribution in [0.5, 0.6) is 0 Å². The lowest BCUT2D eigenvalue weighted by Crippen LogP contribution is -2.05. The Hall–Kier alpha value is -0.0400. The Bertz CT molecular complexity index is 101. The summed E-state index contributed by atoms with van der Waals surface area (Å²) in [5, 5.41) is 9.10. The molecule has 86 valence electrons. The summed E-state index contributed by atoms with van der Waals surface area (Å²) in [6.07, 6.45) is 11.8. The Morgan fingerprint density at radius 1 is 0.786 bits per heavy atom. The summed E-state index contributed by atoms with van der Waals surface area (Å²) in [5.74, 6) is 0.575. The van der Waals surface area contributed by atoms with Crippen molar-refractivity contribution in [2.75, 3.05) is 6.61 Å². The Kier molecular flexibility index (Phi) is 11.0. The van der Waals surface area contributed by atoms with Gasteiger partial charge in [-0.25, -0.2) is 0 Å². The van der Waals surface area contributed by atoms with E-state index in [1.165, 1.54) is 57.8 Å². The number of aliphatic hydroxyl groups excluding tert-OH is 1. The van der Waals surface area contributed by atoms with Gasteiger partial charge in [0.15, 0.2) is 0 Å². The summed E-state index contributed by atoms with van der Waals surface area (Å²) < 4.78 is 0. The predicted molar refractivity (Wildman–Crippen MR) is 63.5 cm³/mol. The van der Waals surface area contributed by atoms with Gasteiger partial charge in [-0.15, -0.1) is 0 Å². The molecule has 0 aliphatic carbocycles. The summed E-state index contributed by atoms with van der Waals surface area (Å²) in [5.41, 5.74) is 0. The van der Waals surface area contributed by atoms with Gasteiger partial charge in [0.1, 0.15) is 0 Å². The molecule has 1 N–H and O–H groups in total. The zero-order valence-electron chi connectivity index (χ0n) is 10.1. The minimum Gasteiger partial charge on any atom is -0.396 e. The Balaban J connectivity index is 3.15. The SMILES string of the molecule is CCCCCCCCC(CO)CCC. The van der Waals surface area contributed by atoms with Gasteiger partial charge < -0.3 is 5.11 Å². The lowest BCUT2D eigenvalue weighted by atomic mass is 9.97. The van der Waals surface area contributed by atoms with Crippen LogP contribution >= 0.6 is 0 Å². The molecule has 0 aromatic carbocycles. The highest BCUT2D eigenvalue weighted by Crippen LogP contribution is 2.15. The van der Waals surface area contributed by atoms with Gasteiger partial charge in [-0.3, -0.25) is 0 Å². The van der Waals surface area contributed by atoms with Crippen molar-refractivity contribution >= 4 is 0 Å². The lowest BCUT2D eigenvalue weighted by Gasteiger charge is -2.12. The van der Waals surface area contributed by atoms with Crippen LogP contribution in [0.25, 0.3) is 0 Å². The van der Waals surface area contributed by atoms with E-state index in [-0.39, 0.29) is 0 Å². The van der Waals surface area contributed by atoms with E-state index in [2.05, 4.69) is 13.8 Å². The zero-order chi connectivity index (χ0) is 10.6. The van der Waals surface area contributed by atoms with E-state index in [1.54, 1.807) is 0 Å². The standard InChI is InChI=1S/C13H28O/c1-3-5-6-7-8-9-11-13(12-14)10-4-2/h13-14H,3-12H2,1-2H3. The number of rotatable bonds is 10. The van der Waals surface area contributed by atoms with E-state index in [9.17, 15) is 0 Å². The van der Waals surface area contributed by atoms with Crippen LogP contribution in [0.3, 0.4) is 0 Å².